The van der Waals surface area contributed by atoms with Crippen LogP contribution in [0.15, 0.2) is 18.2 Å². The van der Waals surface area contributed by atoms with E-state index in [0.717, 1.165) is 12.8 Å². The van der Waals surface area contributed by atoms with Crippen LogP contribution in [0.1, 0.15) is 37.0 Å². The Hall–Kier alpha value is -1.42. The topological polar surface area (TPSA) is 47.6 Å². The Kier molecular flexibility index (Phi) is 6.14. The highest BCUT2D eigenvalue weighted by molar-refractivity contribution is 6.17. The first-order valence-corrected chi connectivity index (χ1v) is 7.13. The Bertz CT molecular complexity index is 464. The van der Waals surface area contributed by atoms with E-state index in [9.17, 15) is 4.79 Å². The number of nitrogens with one attached hydrogen (secondary N) is 1. The van der Waals surface area contributed by atoms with Crippen LogP contribution >= 0.6 is 11.6 Å². The number of amides is 1. The second kappa shape index (κ2) is 7.39. The number of carbonyl (C=O) groups excluding carboxylic acids is 1. The van der Waals surface area contributed by atoms with Gasteiger partial charge in [0.15, 0.2) is 0 Å². The summed E-state index contributed by atoms with van der Waals surface area (Å²) in [7, 11) is 3.10. The van der Waals surface area contributed by atoms with Gasteiger partial charge in [-0.1, -0.05) is 6.92 Å². The van der Waals surface area contributed by atoms with Crippen molar-refractivity contribution in [2.75, 3.05) is 20.1 Å². The van der Waals surface area contributed by atoms with Gasteiger partial charge in [-0.15, -0.1) is 11.6 Å². The van der Waals surface area contributed by atoms with E-state index in [1.807, 2.05) is 13.8 Å². The van der Waals surface area contributed by atoms with E-state index in [1.165, 1.54) is 7.11 Å². The van der Waals surface area contributed by atoms with Crippen LogP contribution in [0, 0.1) is 0 Å². The minimum Gasteiger partial charge on any atom is -0.497 e. The molecule has 0 spiro atoms. The van der Waals surface area contributed by atoms with E-state index in [-0.39, 0.29) is 11.4 Å². The summed E-state index contributed by atoms with van der Waals surface area (Å²) in [6, 6.07) is 5.13. The van der Waals surface area contributed by atoms with Crippen LogP contribution < -0.4 is 14.8 Å². The van der Waals surface area contributed by atoms with Gasteiger partial charge in [0.2, 0.25) is 0 Å². The van der Waals surface area contributed by atoms with Gasteiger partial charge in [-0.3, -0.25) is 4.79 Å². The van der Waals surface area contributed by atoms with Crippen LogP contribution in [0.25, 0.3) is 0 Å². The molecule has 0 radical (unpaired) electrons. The molecule has 0 aliphatic rings. The number of rotatable bonds is 7. The van der Waals surface area contributed by atoms with E-state index in [0.29, 0.717) is 22.9 Å². The highest BCUT2D eigenvalue weighted by atomic mass is 35.5. The third kappa shape index (κ3) is 4.04. The third-order valence-electron chi connectivity index (χ3n) is 3.50. The first-order chi connectivity index (χ1) is 9.49. The van der Waals surface area contributed by atoms with E-state index >= 15 is 0 Å². The molecule has 4 nitrogen and oxygen atoms in total. The van der Waals surface area contributed by atoms with Crippen molar-refractivity contribution in [1.29, 1.82) is 0 Å². The average Bonchev–Trinajstić information content (AvgIpc) is 2.46. The first-order valence-electron chi connectivity index (χ1n) is 6.60. The molecule has 1 amide bonds. The molecule has 0 aromatic heterocycles. The summed E-state index contributed by atoms with van der Waals surface area (Å²) < 4.78 is 10.4. The van der Waals surface area contributed by atoms with Gasteiger partial charge in [0.25, 0.3) is 5.91 Å². The molecule has 5 heteroatoms. The molecule has 1 aromatic rings. The smallest absolute Gasteiger partial charge is 0.255 e. The Morgan fingerprint density at radius 2 is 2.05 bits per heavy atom. The molecule has 0 saturated heterocycles. The number of ether oxygens (including phenoxy) is 2. The predicted octanol–water partition coefficient (Wildman–Crippen LogP) is 3.23. The zero-order chi connectivity index (χ0) is 15.2. The number of hydrogen-bond acceptors (Lipinski definition) is 3. The maximum absolute atomic E-state index is 12.4. The summed E-state index contributed by atoms with van der Waals surface area (Å²) in [5, 5.41) is 3.03. The van der Waals surface area contributed by atoms with E-state index in [2.05, 4.69) is 5.32 Å². The lowest BCUT2D eigenvalue weighted by molar-refractivity contribution is 0.0898. The van der Waals surface area contributed by atoms with Crippen LogP contribution in [0.2, 0.25) is 0 Å². The van der Waals surface area contributed by atoms with Crippen LogP contribution in [0.3, 0.4) is 0 Å². The summed E-state index contributed by atoms with van der Waals surface area (Å²) in [4.78, 5) is 12.4. The Balaban J connectivity index is 2.97. The number of benzene rings is 1. The summed E-state index contributed by atoms with van der Waals surface area (Å²) in [5.41, 5.74) is 0.173. The number of hydrogen-bond donors (Lipinski definition) is 1. The van der Waals surface area contributed by atoms with Gasteiger partial charge in [0, 0.05) is 17.5 Å². The van der Waals surface area contributed by atoms with Gasteiger partial charge in [0.05, 0.1) is 19.8 Å². The molecule has 112 valence electrons. The molecule has 1 atom stereocenters. The number of halogens is 1. The van der Waals surface area contributed by atoms with Crippen LogP contribution in [-0.2, 0) is 0 Å². The SMILES string of the molecule is CCC(C)(CCCl)NC(=O)c1ccc(OC)cc1OC. The fourth-order valence-corrected chi connectivity index (χ4v) is 2.28. The fourth-order valence-electron chi connectivity index (χ4n) is 1.86. The summed E-state index contributed by atoms with van der Waals surface area (Å²) in [5.74, 6) is 1.48. The molecule has 20 heavy (non-hydrogen) atoms. The zero-order valence-electron chi connectivity index (χ0n) is 12.5. The molecule has 0 aliphatic heterocycles. The normalized spacial score (nSPS) is 13.4. The zero-order valence-corrected chi connectivity index (χ0v) is 13.2. The van der Waals surface area contributed by atoms with Gasteiger partial charge in [0.1, 0.15) is 11.5 Å². The number of alkyl halides is 1. The van der Waals surface area contributed by atoms with Gasteiger partial charge in [-0.05, 0) is 31.9 Å². The molecule has 1 rings (SSSR count). The predicted molar refractivity (Wildman–Crippen MR) is 81.0 cm³/mol. The monoisotopic (exact) mass is 299 g/mol. The van der Waals surface area contributed by atoms with Crippen molar-refractivity contribution < 1.29 is 14.3 Å². The van der Waals surface area contributed by atoms with E-state index in [4.69, 9.17) is 21.1 Å². The second-order valence-corrected chi connectivity index (χ2v) is 5.25. The molecule has 0 heterocycles. The minimum absolute atomic E-state index is 0.168. The molecule has 1 unspecified atom stereocenters. The quantitative estimate of drug-likeness (QED) is 0.786. The number of carbonyl (C=O) groups is 1. The molecule has 0 fully saturated rings. The molecular formula is C15H22ClNO3. The van der Waals surface area contributed by atoms with Gasteiger partial charge >= 0.3 is 0 Å². The molecule has 1 aromatic carbocycles. The fraction of sp³-hybridized carbons (Fsp3) is 0.533. The van der Waals surface area contributed by atoms with E-state index in [1.54, 1.807) is 25.3 Å². The van der Waals surface area contributed by atoms with Gasteiger partial charge in [-0.2, -0.15) is 0 Å². The average molecular weight is 300 g/mol. The van der Waals surface area contributed by atoms with Crippen LogP contribution in [-0.4, -0.2) is 31.5 Å². The van der Waals surface area contributed by atoms with Crippen molar-refractivity contribution in [3.63, 3.8) is 0 Å². The molecule has 0 saturated carbocycles. The van der Waals surface area contributed by atoms with Crippen molar-refractivity contribution in [3.8, 4) is 11.5 Å². The standard InChI is InChI=1S/C15H22ClNO3/c1-5-15(2,8-9-16)17-14(18)12-7-6-11(19-3)10-13(12)20-4/h6-7,10H,5,8-9H2,1-4H3,(H,17,18). The van der Waals surface area contributed by atoms with Crippen molar-refractivity contribution in [2.24, 2.45) is 0 Å². The van der Waals surface area contributed by atoms with Crippen molar-refractivity contribution in [2.45, 2.75) is 32.2 Å². The summed E-state index contributed by atoms with van der Waals surface area (Å²) in [6.07, 6.45) is 1.53. The molecule has 0 aliphatic carbocycles. The lowest BCUT2D eigenvalue weighted by atomic mass is 9.95. The highest BCUT2D eigenvalue weighted by Gasteiger charge is 2.25. The third-order valence-corrected chi connectivity index (χ3v) is 3.68. The summed E-state index contributed by atoms with van der Waals surface area (Å²) in [6.45, 7) is 4.02. The molecule has 1 N–H and O–H groups in total. The largest absolute Gasteiger partial charge is 0.497 e. The lowest BCUT2D eigenvalue weighted by Gasteiger charge is -2.29. The lowest BCUT2D eigenvalue weighted by Crippen LogP contribution is -2.45. The second-order valence-electron chi connectivity index (χ2n) is 4.87. The molecule has 0 bridgehead atoms. The maximum atomic E-state index is 12.4. The summed E-state index contributed by atoms with van der Waals surface area (Å²) >= 11 is 5.80. The van der Waals surface area contributed by atoms with Crippen LogP contribution in [0.5, 0.6) is 11.5 Å². The van der Waals surface area contributed by atoms with Crippen molar-refractivity contribution in [1.82, 2.24) is 5.32 Å². The Labute approximate surface area is 125 Å². The van der Waals surface area contributed by atoms with Gasteiger partial charge in [-0.25, -0.2) is 0 Å². The van der Waals surface area contributed by atoms with Gasteiger partial charge < -0.3 is 14.8 Å². The molecular weight excluding hydrogens is 278 g/mol. The van der Waals surface area contributed by atoms with Crippen molar-refractivity contribution >= 4 is 17.5 Å². The Morgan fingerprint density at radius 1 is 1.35 bits per heavy atom. The minimum atomic E-state index is -0.316. The van der Waals surface area contributed by atoms with E-state index < -0.39 is 0 Å². The Morgan fingerprint density at radius 3 is 2.55 bits per heavy atom. The van der Waals surface area contributed by atoms with Crippen LogP contribution in [0.4, 0.5) is 0 Å². The first kappa shape index (κ1) is 16.6. The maximum Gasteiger partial charge on any atom is 0.255 e. The highest BCUT2D eigenvalue weighted by Crippen LogP contribution is 2.25. The number of methoxy groups -OCH3 is 2. The van der Waals surface area contributed by atoms with Crippen molar-refractivity contribution in [3.05, 3.63) is 23.8 Å².